The van der Waals surface area contributed by atoms with E-state index in [1.54, 1.807) is 13.2 Å². The molecule has 0 unspecified atom stereocenters. The third kappa shape index (κ3) is 4.02. The summed E-state index contributed by atoms with van der Waals surface area (Å²) in [6.07, 6.45) is 3.71. The first kappa shape index (κ1) is 12.7. The number of nitrogens with one attached hydrogen (secondary N) is 2. The summed E-state index contributed by atoms with van der Waals surface area (Å²) in [5.74, 6) is 1.46. The second-order valence-electron chi connectivity index (χ2n) is 4.20. The maximum Gasteiger partial charge on any atom is 0.234 e. The van der Waals surface area contributed by atoms with E-state index in [9.17, 15) is 4.79 Å². The molecule has 0 spiro atoms. The average Bonchev–Trinajstić information content (AvgIpc) is 2.62. The van der Waals surface area contributed by atoms with E-state index < -0.39 is 0 Å². The van der Waals surface area contributed by atoms with Crippen LogP contribution < -0.4 is 10.6 Å². The molecule has 5 heteroatoms. The highest BCUT2D eigenvalue weighted by atomic mass is 16.1. The molecule has 1 amide bonds. The molecule has 1 aromatic heterocycles. The molecule has 0 radical (unpaired) electrons. The molecule has 90 valence electrons. The van der Waals surface area contributed by atoms with Crippen LogP contribution in [-0.2, 0) is 17.9 Å². The summed E-state index contributed by atoms with van der Waals surface area (Å²) in [6.45, 7) is 6.06. The van der Waals surface area contributed by atoms with Crippen molar-refractivity contribution in [3.63, 3.8) is 0 Å². The Bertz CT molecular complexity index is 332. The molecule has 0 bridgehead atoms. The van der Waals surface area contributed by atoms with Gasteiger partial charge >= 0.3 is 0 Å². The number of nitrogens with zero attached hydrogens (tertiary/aromatic N) is 2. The van der Waals surface area contributed by atoms with Gasteiger partial charge in [0.25, 0.3) is 0 Å². The van der Waals surface area contributed by atoms with E-state index in [-0.39, 0.29) is 5.91 Å². The van der Waals surface area contributed by atoms with E-state index in [1.807, 2.05) is 6.20 Å². The lowest BCUT2D eigenvalue weighted by Crippen LogP contribution is -2.32. The first-order chi connectivity index (χ1) is 7.63. The fourth-order valence-corrected chi connectivity index (χ4v) is 1.47. The van der Waals surface area contributed by atoms with Gasteiger partial charge in [0.2, 0.25) is 5.91 Å². The van der Waals surface area contributed by atoms with E-state index in [1.165, 1.54) is 0 Å². The summed E-state index contributed by atoms with van der Waals surface area (Å²) < 4.78 is 2.07. The number of carbonyl (C=O) groups excluding carboxylic acids is 1. The highest BCUT2D eigenvalue weighted by Crippen LogP contribution is 2.03. The Labute approximate surface area is 96.3 Å². The predicted molar refractivity (Wildman–Crippen MR) is 62.8 cm³/mol. The van der Waals surface area contributed by atoms with Crippen LogP contribution in [-0.4, -0.2) is 29.1 Å². The first-order valence-corrected chi connectivity index (χ1v) is 5.54. The van der Waals surface area contributed by atoms with E-state index in [0.717, 1.165) is 12.4 Å². The zero-order valence-electron chi connectivity index (χ0n) is 10.2. The van der Waals surface area contributed by atoms with Gasteiger partial charge in [-0.3, -0.25) is 4.79 Å². The molecule has 16 heavy (non-hydrogen) atoms. The van der Waals surface area contributed by atoms with Gasteiger partial charge in [-0.1, -0.05) is 13.8 Å². The van der Waals surface area contributed by atoms with Crippen LogP contribution >= 0.6 is 0 Å². The number of amides is 1. The summed E-state index contributed by atoms with van der Waals surface area (Å²) in [4.78, 5) is 15.5. The third-order valence-electron chi connectivity index (χ3n) is 2.14. The van der Waals surface area contributed by atoms with E-state index in [4.69, 9.17) is 0 Å². The van der Waals surface area contributed by atoms with Crippen LogP contribution in [0.15, 0.2) is 12.4 Å². The van der Waals surface area contributed by atoms with Gasteiger partial charge in [0.15, 0.2) is 0 Å². The molecule has 1 heterocycles. The van der Waals surface area contributed by atoms with Crippen molar-refractivity contribution >= 4 is 5.91 Å². The maximum atomic E-state index is 11.3. The van der Waals surface area contributed by atoms with Crippen LogP contribution in [0, 0.1) is 5.92 Å². The van der Waals surface area contributed by atoms with Crippen LogP contribution in [0.4, 0.5) is 0 Å². The van der Waals surface area contributed by atoms with Crippen LogP contribution in [0.1, 0.15) is 19.7 Å². The minimum atomic E-state index is -0.0124. The van der Waals surface area contributed by atoms with E-state index in [2.05, 4.69) is 34.0 Å². The Kier molecular flexibility index (Phi) is 4.98. The summed E-state index contributed by atoms with van der Waals surface area (Å²) in [5.41, 5.74) is 0. The standard InChI is InChI=1S/C11H20N4O/c1-9(2)8-15-5-4-13-10(15)6-14-11(16)7-12-3/h4-5,9,12H,6-8H2,1-3H3,(H,14,16). The van der Waals surface area contributed by atoms with Gasteiger partial charge in [0.05, 0.1) is 13.1 Å². The average molecular weight is 224 g/mol. The van der Waals surface area contributed by atoms with Gasteiger partial charge < -0.3 is 15.2 Å². The number of likely N-dealkylation sites (N-methyl/N-ethyl adjacent to an activating group) is 1. The van der Waals surface area contributed by atoms with Gasteiger partial charge in [-0.25, -0.2) is 4.98 Å². The van der Waals surface area contributed by atoms with Crippen molar-refractivity contribution in [2.75, 3.05) is 13.6 Å². The molecular formula is C11H20N4O. The van der Waals surface area contributed by atoms with Crippen LogP contribution in [0.2, 0.25) is 0 Å². The summed E-state index contributed by atoms with van der Waals surface area (Å²) in [5, 5.41) is 5.62. The Balaban J connectivity index is 2.47. The minimum absolute atomic E-state index is 0.0124. The topological polar surface area (TPSA) is 59.0 Å². The normalized spacial score (nSPS) is 10.8. The van der Waals surface area contributed by atoms with Crippen molar-refractivity contribution in [2.45, 2.75) is 26.9 Å². The van der Waals surface area contributed by atoms with Crippen LogP contribution in [0.3, 0.4) is 0 Å². The van der Waals surface area contributed by atoms with Crippen molar-refractivity contribution in [1.82, 2.24) is 20.2 Å². The van der Waals surface area contributed by atoms with Gasteiger partial charge in [0, 0.05) is 18.9 Å². The lowest BCUT2D eigenvalue weighted by Gasteiger charge is -2.10. The van der Waals surface area contributed by atoms with Crippen molar-refractivity contribution in [1.29, 1.82) is 0 Å². The molecule has 1 rings (SSSR count). The smallest absolute Gasteiger partial charge is 0.234 e. The number of aromatic nitrogens is 2. The van der Waals surface area contributed by atoms with Crippen molar-refractivity contribution in [2.24, 2.45) is 5.92 Å². The number of imidazole rings is 1. The van der Waals surface area contributed by atoms with Crippen LogP contribution in [0.5, 0.6) is 0 Å². The van der Waals surface area contributed by atoms with Crippen molar-refractivity contribution in [3.05, 3.63) is 18.2 Å². The predicted octanol–water partition coefficient (Wildman–Crippen LogP) is 0.375. The summed E-state index contributed by atoms with van der Waals surface area (Å²) in [7, 11) is 1.75. The zero-order valence-corrected chi connectivity index (χ0v) is 10.2. The molecule has 0 aliphatic heterocycles. The fourth-order valence-electron chi connectivity index (χ4n) is 1.47. The highest BCUT2D eigenvalue weighted by Gasteiger charge is 2.06. The molecular weight excluding hydrogens is 204 g/mol. The second-order valence-corrected chi connectivity index (χ2v) is 4.20. The molecule has 1 aromatic rings. The number of rotatable bonds is 6. The van der Waals surface area contributed by atoms with E-state index >= 15 is 0 Å². The SMILES string of the molecule is CNCC(=O)NCc1nccn1CC(C)C. The zero-order chi connectivity index (χ0) is 12.0. The Morgan fingerprint density at radius 3 is 2.94 bits per heavy atom. The van der Waals surface area contributed by atoms with Gasteiger partial charge in [-0.05, 0) is 13.0 Å². The number of hydrogen-bond donors (Lipinski definition) is 2. The monoisotopic (exact) mass is 224 g/mol. The fraction of sp³-hybridized carbons (Fsp3) is 0.636. The Morgan fingerprint density at radius 1 is 1.56 bits per heavy atom. The molecule has 0 aliphatic rings. The Hall–Kier alpha value is -1.36. The summed E-state index contributed by atoms with van der Waals surface area (Å²) >= 11 is 0. The molecule has 0 fully saturated rings. The van der Waals surface area contributed by atoms with Gasteiger partial charge in [0.1, 0.15) is 5.82 Å². The molecule has 0 saturated heterocycles. The molecule has 0 aliphatic carbocycles. The van der Waals surface area contributed by atoms with Gasteiger partial charge in [-0.2, -0.15) is 0 Å². The van der Waals surface area contributed by atoms with Crippen LogP contribution in [0.25, 0.3) is 0 Å². The lowest BCUT2D eigenvalue weighted by molar-refractivity contribution is -0.120. The molecule has 0 aromatic carbocycles. The highest BCUT2D eigenvalue weighted by molar-refractivity contribution is 5.77. The van der Waals surface area contributed by atoms with Crippen molar-refractivity contribution in [3.8, 4) is 0 Å². The first-order valence-electron chi connectivity index (χ1n) is 5.54. The lowest BCUT2D eigenvalue weighted by atomic mass is 10.2. The van der Waals surface area contributed by atoms with E-state index in [0.29, 0.717) is 19.0 Å². The number of hydrogen-bond acceptors (Lipinski definition) is 3. The number of carbonyl (C=O) groups is 1. The minimum Gasteiger partial charge on any atom is -0.348 e. The quantitative estimate of drug-likeness (QED) is 0.734. The molecule has 2 N–H and O–H groups in total. The molecule has 5 nitrogen and oxygen atoms in total. The Morgan fingerprint density at radius 2 is 2.31 bits per heavy atom. The van der Waals surface area contributed by atoms with Gasteiger partial charge in [-0.15, -0.1) is 0 Å². The largest absolute Gasteiger partial charge is 0.348 e. The molecule has 0 atom stereocenters. The van der Waals surface area contributed by atoms with Crippen molar-refractivity contribution < 1.29 is 4.79 Å². The molecule has 0 saturated carbocycles. The summed E-state index contributed by atoms with van der Waals surface area (Å²) in [6, 6.07) is 0. The third-order valence-corrected chi connectivity index (χ3v) is 2.14. The maximum absolute atomic E-state index is 11.3. The second kappa shape index (κ2) is 6.27.